The lowest BCUT2D eigenvalue weighted by Crippen LogP contribution is -2.03. The lowest BCUT2D eigenvalue weighted by molar-refractivity contribution is 0.126. The summed E-state index contributed by atoms with van der Waals surface area (Å²) in [5.41, 5.74) is 0.663. The molecule has 68 valence electrons. The number of alkyl halides is 2. The summed E-state index contributed by atoms with van der Waals surface area (Å²) >= 11 is 0. The molecule has 1 aromatic rings. The van der Waals surface area contributed by atoms with Gasteiger partial charge in [-0.15, -0.1) is 0 Å². The van der Waals surface area contributed by atoms with Crippen molar-refractivity contribution >= 4 is 0 Å². The van der Waals surface area contributed by atoms with Gasteiger partial charge in [0.05, 0.1) is 12.6 Å². The van der Waals surface area contributed by atoms with Gasteiger partial charge < -0.3 is 9.67 Å². The Balaban J connectivity index is 2.64. The van der Waals surface area contributed by atoms with Crippen LogP contribution in [0.25, 0.3) is 0 Å². The highest BCUT2D eigenvalue weighted by molar-refractivity contribution is 5.12. The second-order valence-corrected chi connectivity index (χ2v) is 2.71. The zero-order valence-corrected chi connectivity index (χ0v) is 6.74. The van der Waals surface area contributed by atoms with Gasteiger partial charge in [0.1, 0.15) is 0 Å². The molecular formula is C8H11F2NO. The van der Waals surface area contributed by atoms with Gasteiger partial charge in [0, 0.05) is 12.4 Å². The standard InChI is InChI=1S/C8H11F2NO/c1-6(12)7-2-3-11(4-7)5-8(9)10/h2-4,6,8,12H,5H2,1H3. The van der Waals surface area contributed by atoms with E-state index in [-0.39, 0.29) is 6.54 Å². The number of rotatable bonds is 3. The van der Waals surface area contributed by atoms with Crippen LogP contribution in [0.4, 0.5) is 8.78 Å². The van der Waals surface area contributed by atoms with E-state index >= 15 is 0 Å². The minimum absolute atomic E-state index is 0.313. The van der Waals surface area contributed by atoms with Gasteiger partial charge in [0.2, 0.25) is 0 Å². The molecule has 1 N–H and O–H groups in total. The van der Waals surface area contributed by atoms with E-state index in [1.807, 2.05) is 0 Å². The fourth-order valence-electron chi connectivity index (χ4n) is 0.979. The molecule has 1 atom stereocenters. The average Bonchev–Trinajstić information content (AvgIpc) is 2.34. The van der Waals surface area contributed by atoms with Crippen LogP contribution in [0.3, 0.4) is 0 Å². The second kappa shape index (κ2) is 3.67. The van der Waals surface area contributed by atoms with Crippen LogP contribution in [0.15, 0.2) is 18.5 Å². The maximum atomic E-state index is 11.8. The first-order chi connectivity index (χ1) is 5.59. The summed E-state index contributed by atoms with van der Waals surface area (Å²) in [6, 6.07) is 1.63. The van der Waals surface area contributed by atoms with Gasteiger partial charge in [0.15, 0.2) is 0 Å². The molecule has 1 rings (SSSR count). The Morgan fingerprint density at radius 1 is 1.58 bits per heavy atom. The van der Waals surface area contributed by atoms with Crippen LogP contribution in [0.2, 0.25) is 0 Å². The van der Waals surface area contributed by atoms with Gasteiger partial charge in [-0.05, 0) is 18.6 Å². The highest BCUT2D eigenvalue weighted by Crippen LogP contribution is 2.12. The van der Waals surface area contributed by atoms with Crippen molar-refractivity contribution in [3.8, 4) is 0 Å². The first-order valence-corrected chi connectivity index (χ1v) is 3.71. The maximum absolute atomic E-state index is 11.8. The number of nitrogens with zero attached hydrogens (tertiary/aromatic N) is 1. The smallest absolute Gasteiger partial charge is 0.256 e. The van der Waals surface area contributed by atoms with Crippen LogP contribution in [-0.2, 0) is 6.54 Å². The quantitative estimate of drug-likeness (QED) is 0.744. The molecule has 0 amide bonds. The highest BCUT2D eigenvalue weighted by atomic mass is 19.3. The molecule has 4 heteroatoms. The summed E-state index contributed by atoms with van der Waals surface area (Å²) in [5.74, 6) is 0. The predicted molar refractivity (Wildman–Crippen MR) is 41.1 cm³/mol. The molecule has 0 saturated carbocycles. The lowest BCUT2D eigenvalue weighted by atomic mass is 10.2. The van der Waals surface area contributed by atoms with Crippen molar-refractivity contribution in [3.05, 3.63) is 24.0 Å². The van der Waals surface area contributed by atoms with Crippen LogP contribution in [0.5, 0.6) is 0 Å². The molecule has 1 aromatic heterocycles. The maximum Gasteiger partial charge on any atom is 0.256 e. The summed E-state index contributed by atoms with van der Waals surface area (Å²) in [7, 11) is 0. The molecule has 0 aliphatic carbocycles. The van der Waals surface area contributed by atoms with Crippen LogP contribution >= 0.6 is 0 Å². The van der Waals surface area contributed by atoms with Gasteiger partial charge in [-0.1, -0.05) is 0 Å². The summed E-state index contributed by atoms with van der Waals surface area (Å²) in [6.45, 7) is 1.29. The number of aliphatic hydroxyl groups excluding tert-OH is 1. The third kappa shape index (κ3) is 2.30. The van der Waals surface area contributed by atoms with Crippen molar-refractivity contribution in [2.45, 2.75) is 26.0 Å². The number of hydrogen-bond donors (Lipinski definition) is 1. The first kappa shape index (κ1) is 9.19. The number of aliphatic hydroxyl groups is 1. The fraction of sp³-hybridized carbons (Fsp3) is 0.500. The van der Waals surface area contributed by atoms with E-state index in [1.54, 1.807) is 13.0 Å². The largest absolute Gasteiger partial charge is 0.389 e. The average molecular weight is 175 g/mol. The van der Waals surface area contributed by atoms with Crippen LogP contribution in [0.1, 0.15) is 18.6 Å². The Bertz CT molecular complexity index is 245. The van der Waals surface area contributed by atoms with E-state index < -0.39 is 12.5 Å². The Kier molecular flexibility index (Phi) is 2.81. The van der Waals surface area contributed by atoms with Crippen molar-refractivity contribution in [2.75, 3.05) is 0 Å². The Morgan fingerprint density at radius 3 is 2.67 bits per heavy atom. The number of aromatic nitrogens is 1. The summed E-state index contributed by atoms with van der Waals surface area (Å²) in [6.07, 6.45) is 0.119. The Morgan fingerprint density at radius 2 is 2.25 bits per heavy atom. The molecular weight excluding hydrogens is 164 g/mol. The first-order valence-electron chi connectivity index (χ1n) is 3.71. The molecule has 0 saturated heterocycles. The molecule has 0 spiro atoms. The van der Waals surface area contributed by atoms with E-state index in [1.165, 1.54) is 17.0 Å². The van der Waals surface area contributed by atoms with E-state index in [4.69, 9.17) is 5.11 Å². The molecule has 0 aliphatic rings. The van der Waals surface area contributed by atoms with E-state index in [0.717, 1.165) is 0 Å². The van der Waals surface area contributed by atoms with Gasteiger partial charge in [-0.2, -0.15) is 0 Å². The Hall–Kier alpha value is -0.900. The monoisotopic (exact) mass is 175 g/mol. The van der Waals surface area contributed by atoms with Gasteiger partial charge in [0.25, 0.3) is 6.43 Å². The highest BCUT2D eigenvalue weighted by Gasteiger charge is 2.06. The summed E-state index contributed by atoms with van der Waals surface area (Å²) in [5, 5.41) is 9.07. The molecule has 2 nitrogen and oxygen atoms in total. The predicted octanol–water partition coefficient (Wildman–Crippen LogP) is 1.81. The second-order valence-electron chi connectivity index (χ2n) is 2.71. The molecule has 0 radical (unpaired) electrons. The number of halogens is 2. The minimum atomic E-state index is -2.35. The van der Waals surface area contributed by atoms with Gasteiger partial charge in [-0.25, -0.2) is 8.78 Å². The molecule has 0 aromatic carbocycles. The van der Waals surface area contributed by atoms with E-state index in [9.17, 15) is 8.78 Å². The summed E-state index contributed by atoms with van der Waals surface area (Å²) in [4.78, 5) is 0. The third-order valence-corrected chi connectivity index (χ3v) is 1.60. The van der Waals surface area contributed by atoms with Crippen molar-refractivity contribution in [1.82, 2.24) is 4.57 Å². The SMILES string of the molecule is CC(O)c1ccn(CC(F)F)c1. The van der Waals surface area contributed by atoms with Crippen molar-refractivity contribution in [1.29, 1.82) is 0 Å². The van der Waals surface area contributed by atoms with Crippen molar-refractivity contribution in [2.24, 2.45) is 0 Å². The Labute approximate surface area is 69.4 Å². The number of hydrogen-bond acceptors (Lipinski definition) is 1. The molecule has 1 unspecified atom stereocenters. The van der Waals surface area contributed by atoms with Crippen LogP contribution in [-0.4, -0.2) is 16.1 Å². The zero-order valence-electron chi connectivity index (χ0n) is 6.74. The molecule has 12 heavy (non-hydrogen) atoms. The van der Waals surface area contributed by atoms with Gasteiger partial charge in [-0.3, -0.25) is 0 Å². The van der Waals surface area contributed by atoms with Crippen molar-refractivity contribution < 1.29 is 13.9 Å². The molecule has 0 fully saturated rings. The lowest BCUT2D eigenvalue weighted by Gasteiger charge is -2.01. The third-order valence-electron chi connectivity index (χ3n) is 1.60. The molecule has 0 bridgehead atoms. The fourth-order valence-corrected chi connectivity index (χ4v) is 0.979. The van der Waals surface area contributed by atoms with Gasteiger partial charge >= 0.3 is 0 Å². The molecule has 1 heterocycles. The van der Waals surface area contributed by atoms with E-state index in [0.29, 0.717) is 5.56 Å². The topological polar surface area (TPSA) is 25.2 Å². The van der Waals surface area contributed by atoms with Crippen LogP contribution < -0.4 is 0 Å². The molecule has 0 aliphatic heterocycles. The zero-order chi connectivity index (χ0) is 9.14. The minimum Gasteiger partial charge on any atom is -0.389 e. The summed E-state index contributed by atoms with van der Waals surface area (Å²) < 4.78 is 25.1. The van der Waals surface area contributed by atoms with Crippen LogP contribution in [0, 0.1) is 0 Å². The normalized spacial score (nSPS) is 13.8. The van der Waals surface area contributed by atoms with E-state index in [2.05, 4.69) is 0 Å². The van der Waals surface area contributed by atoms with Crippen molar-refractivity contribution in [3.63, 3.8) is 0 Å².